The van der Waals surface area contributed by atoms with Gasteiger partial charge < -0.3 is 14.8 Å². The van der Waals surface area contributed by atoms with Gasteiger partial charge in [-0.15, -0.1) is 0 Å². The Morgan fingerprint density at radius 1 is 0.923 bits per heavy atom. The van der Waals surface area contributed by atoms with Gasteiger partial charge in [-0.25, -0.2) is 18.4 Å². The average Bonchev–Trinajstić information content (AvgIpc) is 2.60. The predicted molar refractivity (Wildman–Crippen MR) is 101 cm³/mol. The molecule has 1 aromatic heterocycles. The largest absolute Gasteiger partial charge is 0.497 e. The molecule has 0 aliphatic rings. The molecule has 0 bridgehead atoms. The van der Waals surface area contributed by atoms with Crippen LogP contribution in [0.4, 0.5) is 17.3 Å². The summed E-state index contributed by atoms with van der Waals surface area (Å²) in [7, 11) is -0.447. The summed E-state index contributed by atoms with van der Waals surface area (Å²) >= 11 is 0. The summed E-state index contributed by atoms with van der Waals surface area (Å²) in [5, 5.41) is 3.08. The molecule has 0 radical (unpaired) electrons. The number of sulfonamides is 1. The molecule has 0 saturated carbocycles. The molecule has 0 saturated heterocycles. The number of hydrogen-bond acceptors (Lipinski definition) is 7. The number of hydrogen-bond donors (Lipinski definition) is 2. The Morgan fingerprint density at radius 3 is 2.15 bits per heavy atom. The summed E-state index contributed by atoms with van der Waals surface area (Å²) in [6.45, 7) is 0. The van der Waals surface area contributed by atoms with Crippen molar-refractivity contribution in [2.45, 2.75) is 0 Å². The number of anilines is 3. The highest BCUT2D eigenvalue weighted by molar-refractivity contribution is 7.92. The molecule has 0 unspecified atom stereocenters. The minimum absolute atomic E-state index is 0.0936. The first-order chi connectivity index (χ1) is 12.4. The molecule has 8 nitrogen and oxygen atoms in total. The van der Waals surface area contributed by atoms with Crippen LogP contribution in [0.2, 0.25) is 0 Å². The molecule has 0 aliphatic heterocycles. The monoisotopic (exact) mass is 374 g/mol. The van der Waals surface area contributed by atoms with E-state index in [0.717, 1.165) is 6.26 Å². The first-order valence-corrected chi connectivity index (χ1v) is 9.52. The number of benzene rings is 2. The summed E-state index contributed by atoms with van der Waals surface area (Å²) in [5.74, 6) is 1.50. The quantitative estimate of drug-likeness (QED) is 0.684. The van der Waals surface area contributed by atoms with Crippen molar-refractivity contribution in [3.8, 4) is 11.5 Å². The lowest BCUT2D eigenvalue weighted by Crippen LogP contribution is -2.13. The van der Waals surface area contributed by atoms with E-state index in [4.69, 9.17) is 9.47 Å². The van der Waals surface area contributed by atoms with E-state index in [1.54, 1.807) is 43.5 Å². The lowest BCUT2D eigenvalue weighted by atomic mass is 10.2. The summed E-state index contributed by atoms with van der Waals surface area (Å²) in [6.07, 6.45) is 1.06. The van der Waals surface area contributed by atoms with Crippen molar-refractivity contribution in [3.05, 3.63) is 42.5 Å². The Balaban J connectivity index is 2.12. The maximum absolute atomic E-state index is 11.7. The van der Waals surface area contributed by atoms with Crippen LogP contribution in [0.1, 0.15) is 0 Å². The second-order valence-electron chi connectivity index (χ2n) is 5.47. The summed E-state index contributed by atoms with van der Waals surface area (Å²) < 4.78 is 36.4. The minimum Gasteiger partial charge on any atom is -0.497 e. The first-order valence-electron chi connectivity index (χ1n) is 7.63. The van der Waals surface area contributed by atoms with Gasteiger partial charge in [-0.1, -0.05) is 12.1 Å². The van der Waals surface area contributed by atoms with Crippen LogP contribution in [0.5, 0.6) is 11.5 Å². The third-order valence-electron chi connectivity index (χ3n) is 3.51. The average molecular weight is 374 g/mol. The SMILES string of the molecule is COc1ccc(OC)c(Nc2nc3ccccc3nc2NS(C)(=O)=O)c1. The number of rotatable bonds is 6. The van der Waals surface area contributed by atoms with Gasteiger partial charge >= 0.3 is 0 Å². The van der Waals surface area contributed by atoms with E-state index in [0.29, 0.717) is 28.2 Å². The van der Waals surface area contributed by atoms with Gasteiger partial charge in [-0.3, -0.25) is 4.72 Å². The van der Waals surface area contributed by atoms with E-state index >= 15 is 0 Å². The summed E-state index contributed by atoms with van der Waals surface area (Å²) in [4.78, 5) is 8.86. The Kier molecular flexibility index (Phi) is 4.81. The van der Waals surface area contributed by atoms with Gasteiger partial charge in [0, 0.05) is 6.07 Å². The van der Waals surface area contributed by atoms with Crippen LogP contribution in [-0.2, 0) is 10.0 Å². The van der Waals surface area contributed by atoms with Crippen LogP contribution in [0.15, 0.2) is 42.5 Å². The Hall–Kier alpha value is -3.07. The topological polar surface area (TPSA) is 102 Å². The third kappa shape index (κ3) is 3.94. The van der Waals surface area contributed by atoms with Crippen molar-refractivity contribution < 1.29 is 17.9 Å². The molecule has 0 fully saturated rings. The van der Waals surface area contributed by atoms with Gasteiger partial charge in [0.05, 0.1) is 37.2 Å². The van der Waals surface area contributed by atoms with E-state index in [2.05, 4.69) is 20.0 Å². The molecular formula is C17H18N4O4S. The molecule has 0 aliphatic carbocycles. The minimum atomic E-state index is -3.54. The van der Waals surface area contributed by atoms with Crippen molar-refractivity contribution >= 4 is 38.4 Å². The van der Waals surface area contributed by atoms with Crippen LogP contribution in [0, 0.1) is 0 Å². The smallest absolute Gasteiger partial charge is 0.231 e. The molecule has 1 heterocycles. The normalized spacial score (nSPS) is 11.2. The summed E-state index contributed by atoms with van der Waals surface area (Å²) in [5.41, 5.74) is 1.76. The lowest BCUT2D eigenvalue weighted by molar-refractivity contribution is 0.405. The van der Waals surface area contributed by atoms with Gasteiger partial charge in [0.1, 0.15) is 11.5 Å². The molecule has 3 rings (SSSR count). The number of nitrogens with zero attached hydrogens (tertiary/aromatic N) is 2. The number of nitrogens with one attached hydrogen (secondary N) is 2. The Labute approximate surface area is 151 Å². The fourth-order valence-corrected chi connectivity index (χ4v) is 2.87. The van der Waals surface area contributed by atoms with Crippen molar-refractivity contribution in [2.24, 2.45) is 0 Å². The molecule has 9 heteroatoms. The number of aromatic nitrogens is 2. The van der Waals surface area contributed by atoms with E-state index in [1.165, 1.54) is 7.11 Å². The van der Waals surface area contributed by atoms with Crippen LogP contribution in [-0.4, -0.2) is 38.9 Å². The highest BCUT2D eigenvalue weighted by Crippen LogP contribution is 2.33. The molecular weight excluding hydrogens is 356 g/mol. The standard InChI is InChI=1S/C17H18N4O4S/c1-24-11-8-9-15(25-2)14(10-11)20-16-17(21-26(3,22)23)19-13-7-5-4-6-12(13)18-16/h4-10H,1-3H3,(H,18,20)(H,19,21). The number of methoxy groups -OCH3 is 2. The second-order valence-corrected chi connectivity index (χ2v) is 7.22. The predicted octanol–water partition coefficient (Wildman–Crippen LogP) is 2.76. The van der Waals surface area contributed by atoms with E-state index < -0.39 is 10.0 Å². The van der Waals surface area contributed by atoms with E-state index in [9.17, 15) is 8.42 Å². The summed E-state index contributed by atoms with van der Waals surface area (Å²) in [6, 6.07) is 12.4. The maximum Gasteiger partial charge on any atom is 0.231 e. The van der Waals surface area contributed by atoms with Gasteiger partial charge in [0.25, 0.3) is 0 Å². The van der Waals surface area contributed by atoms with Gasteiger partial charge in [-0.05, 0) is 24.3 Å². The molecule has 26 heavy (non-hydrogen) atoms. The zero-order valence-electron chi connectivity index (χ0n) is 14.5. The van der Waals surface area contributed by atoms with Crippen LogP contribution < -0.4 is 19.5 Å². The van der Waals surface area contributed by atoms with E-state index in [-0.39, 0.29) is 11.6 Å². The van der Waals surface area contributed by atoms with Crippen LogP contribution >= 0.6 is 0 Å². The fraction of sp³-hybridized carbons (Fsp3) is 0.176. The molecule has 3 aromatic rings. The van der Waals surface area contributed by atoms with Crippen molar-refractivity contribution in [1.82, 2.24) is 9.97 Å². The van der Waals surface area contributed by atoms with Gasteiger partial charge in [-0.2, -0.15) is 0 Å². The van der Waals surface area contributed by atoms with Crippen LogP contribution in [0.3, 0.4) is 0 Å². The fourth-order valence-electron chi connectivity index (χ4n) is 2.37. The molecule has 0 spiro atoms. The zero-order valence-corrected chi connectivity index (χ0v) is 15.3. The Bertz CT molecular complexity index is 1050. The maximum atomic E-state index is 11.7. The van der Waals surface area contributed by atoms with Crippen molar-refractivity contribution in [1.29, 1.82) is 0 Å². The Morgan fingerprint density at radius 2 is 1.58 bits per heavy atom. The third-order valence-corrected chi connectivity index (χ3v) is 4.08. The van der Waals surface area contributed by atoms with Crippen molar-refractivity contribution in [2.75, 3.05) is 30.5 Å². The highest BCUT2D eigenvalue weighted by Gasteiger charge is 2.15. The number of para-hydroxylation sites is 2. The lowest BCUT2D eigenvalue weighted by Gasteiger charge is -2.15. The van der Waals surface area contributed by atoms with E-state index in [1.807, 2.05) is 6.07 Å². The molecule has 2 N–H and O–H groups in total. The number of ether oxygens (including phenoxy) is 2. The van der Waals surface area contributed by atoms with Crippen LogP contribution in [0.25, 0.3) is 11.0 Å². The number of fused-ring (bicyclic) bond motifs is 1. The molecule has 0 atom stereocenters. The van der Waals surface area contributed by atoms with Gasteiger partial charge in [0.15, 0.2) is 11.6 Å². The molecule has 136 valence electrons. The van der Waals surface area contributed by atoms with Gasteiger partial charge in [0.2, 0.25) is 10.0 Å². The zero-order chi connectivity index (χ0) is 18.7. The molecule has 0 amide bonds. The second kappa shape index (κ2) is 7.04. The molecule has 2 aromatic carbocycles. The van der Waals surface area contributed by atoms with Crippen molar-refractivity contribution in [3.63, 3.8) is 0 Å². The highest BCUT2D eigenvalue weighted by atomic mass is 32.2. The first kappa shape index (κ1) is 17.7.